The van der Waals surface area contributed by atoms with Crippen molar-refractivity contribution in [2.45, 2.75) is 26.2 Å². The maximum atomic E-state index is 9.04. The standard InChI is InChI=1S/C14H18N2O2.ClH/c1-9(15-17)13-14(2,3)11-8-10(18-5)6-7-12(11)16(13)4;/h6-8H,1-5H3;1H. The van der Waals surface area contributed by atoms with Crippen LogP contribution < -0.4 is 17.1 Å². The number of fused-ring (bicyclic) bond motifs is 1. The fraction of sp³-hybridized carbons (Fsp3) is 0.429. The summed E-state index contributed by atoms with van der Waals surface area (Å²) in [7, 11) is 3.66. The lowest BCUT2D eigenvalue weighted by molar-refractivity contribution is -0.400. The van der Waals surface area contributed by atoms with Gasteiger partial charge in [0.25, 0.3) is 0 Å². The van der Waals surface area contributed by atoms with Crippen molar-refractivity contribution in [3.63, 3.8) is 0 Å². The van der Waals surface area contributed by atoms with Crippen molar-refractivity contribution in [2.24, 2.45) is 5.16 Å². The minimum atomic E-state index is -0.199. The maximum absolute atomic E-state index is 9.04. The van der Waals surface area contributed by atoms with E-state index in [4.69, 9.17) is 9.94 Å². The Hall–Kier alpha value is -1.55. The zero-order valence-electron chi connectivity index (χ0n) is 11.9. The third-order valence-corrected chi connectivity index (χ3v) is 3.66. The summed E-state index contributed by atoms with van der Waals surface area (Å²) in [6.07, 6.45) is 0. The average Bonchev–Trinajstić information content (AvgIpc) is 2.56. The third kappa shape index (κ3) is 2.21. The van der Waals surface area contributed by atoms with Crippen LogP contribution in [0.5, 0.6) is 5.75 Å². The summed E-state index contributed by atoms with van der Waals surface area (Å²) >= 11 is 0. The van der Waals surface area contributed by atoms with Crippen LogP contribution >= 0.6 is 0 Å². The highest BCUT2D eigenvalue weighted by Gasteiger charge is 2.46. The second kappa shape index (κ2) is 5.21. The minimum absolute atomic E-state index is 0. The second-order valence-corrected chi connectivity index (χ2v) is 5.10. The van der Waals surface area contributed by atoms with Gasteiger partial charge in [0.1, 0.15) is 18.5 Å². The molecule has 0 aliphatic carbocycles. The predicted molar refractivity (Wildman–Crippen MR) is 71.8 cm³/mol. The first-order chi connectivity index (χ1) is 8.43. The van der Waals surface area contributed by atoms with Crippen molar-refractivity contribution in [1.82, 2.24) is 0 Å². The molecular formula is C14H19ClN2O2. The summed E-state index contributed by atoms with van der Waals surface area (Å²) in [5.74, 6) is 0.843. The first kappa shape index (κ1) is 15.5. The Morgan fingerprint density at radius 1 is 1.37 bits per heavy atom. The van der Waals surface area contributed by atoms with Gasteiger partial charge in [0.2, 0.25) is 11.4 Å². The predicted octanol–water partition coefficient (Wildman–Crippen LogP) is -0.445. The monoisotopic (exact) mass is 282 g/mol. The van der Waals surface area contributed by atoms with Gasteiger partial charge in [-0.25, -0.2) is 0 Å². The number of rotatable bonds is 2. The van der Waals surface area contributed by atoms with Crippen LogP contribution in [0, 0.1) is 0 Å². The van der Waals surface area contributed by atoms with Gasteiger partial charge in [0, 0.05) is 11.6 Å². The van der Waals surface area contributed by atoms with Crippen LogP contribution in [0.4, 0.5) is 5.69 Å². The van der Waals surface area contributed by atoms with Crippen molar-refractivity contribution in [3.05, 3.63) is 23.8 Å². The quantitative estimate of drug-likeness (QED) is 0.346. The van der Waals surface area contributed by atoms with Gasteiger partial charge in [-0.3, -0.25) is 0 Å². The summed E-state index contributed by atoms with van der Waals surface area (Å²) in [6, 6.07) is 6.02. The number of hydrogen-bond donors (Lipinski definition) is 1. The number of nitrogens with zero attached hydrogens (tertiary/aromatic N) is 2. The molecule has 4 nitrogen and oxygen atoms in total. The van der Waals surface area contributed by atoms with Crippen LogP contribution in [0.3, 0.4) is 0 Å². The molecule has 0 radical (unpaired) electrons. The van der Waals surface area contributed by atoms with Crippen LogP contribution in [0.25, 0.3) is 0 Å². The van der Waals surface area contributed by atoms with E-state index in [2.05, 4.69) is 23.6 Å². The molecule has 104 valence electrons. The highest BCUT2D eigenvalue weighted by molar-refractivity contribution is 6.43. The van der Waals surface area contributed by atoms with E-state index < -0.39 is 0 Å². The Bertz CT molecular complexity index is 563. The van der Waals surface area contributed by atoms with Gasteiger partial charge >= 0.3 is 0 Å². The summed E-state index contributed by atoms with van der Waals surface area (Å²) < 4.78 is 7.36. The largest absolute Gasteiger partial charge is 1.00 e. The van der Waals surface area contributed by atoms with Gasteiger partial charge in [0.05, 0.1) is 12.5 Å². The summed E-state index contributed by atoms with van der Waals surface area (Å²) in [5.41, 5.74) is 3.75. The van der Waals surface area contributed by atoms with E-state index >= 15 is 0 Å². The Morgan fingerprint density at radius 2 is 2.00 bits per heavy atom. The topological polar surface area (TPSA) is 44.8 Å². The molecular weight excluding hydrogens is 264 g/mol. The van der Waals surface area contributed by atoms with Crippen molar-refractivity contribution >= 4 is 17.1 Å². The van der Waals surface area contributed by atoms with Gasteiger partial charge in [-0.2, -0.15) is 4.58 Å². The number of methoxy groups -OCH3 is 1. The molecule has 0 atom stereocenters. The van der Waals surface area contributed by atoms with Gasteiger partial charge in [-0.15, -0.1) is 0 Å². The number of ether oxygens (including phenoxy) is 1. The molecule has 1 aliphatic heterocycles. The SMILES string of the molecule is COc1ccc2c(c1)C(C)(C)C(C(C)=NO)=[N+]2C.[Cl-]. The molecule has 1 aromatic rings. The molecule has 5 heteroatoms. The van der Waals surface area contributed by atoms with Gasteiger partial charge < -0.3 is 22.4 Å². The Labute approximate surface area is 119 Å². The van der Waals surface area contributed by atoms with Crippen LogP contribution in [0.1, 0.15) is 26.3 Å². The number of halogens is 1. The average molecular weight is 283 g/mol. The van der Waals surface area contributed by atoms with Crippen LogP contribution in [-0.4, -0.2) is 35.4 Å². The molecule has 1 heterocycles. The van der Waals surface area contributed by atoms with Crippen molar-refractivity contribution in [3.8, 4) is 5.75 Å². The second-order valence-electron chi connectivity index (χ2n) is 5.10. The maximum Gasteiger partial charge on any atom is 0.216 e. The highest BCUT2D eigenvalue weighted by Crippen LogP contribution is 2.41. The van der Waals surface area contributed by atoms with Gasteiger partial charge in [-0.1, -0.05) is 5.16 Å². The lowest BCUT2D eigenvalue weighted by atomic mass is 9.80. The molecule has 19 heavy (non-hydrogen) atoms. The van der Waals surface area contributed by atoms with Crippen molar-refractivity contribution in [1.29, 1.82) is 0 Å². The lowest BCUT2D eigenvalue weighted by Gasteiger charge is -2.17. The van der Waals surface area contributed by atoms with E-state index in [1.54, 1.807) is 7.11 Å². The number of hydrogen-bond acceptors (Lipinski definition) is 3. The van der Waals surface area contributed by atoms with E-state index in [0.717, 1.165) is 17.1 Å². The summed E-state index contributed by atoms with van der Waals surface area (Å²) in [6.45, 7) is 6.06. The molecule has 0 fully saturated rings. The van der Waals surface area contributed by atoms with Crippen molar-refractivity contribution < 1.29 is 26.9 Å². The molecule has 1 aromatic carbocycles. The Morgan fingerprint density at radius 3 is 2.53 bits per heavy atom. The van der Waals surface area contributed by atoms with E-state index in [1.165, 1.54) is 5.56 Å². The van der Waals surface area contributed by atoms with Crippen LogP contribution in [0.2, 0.25) is 0 Å². The van der Waals surface area contributed by atoms with E-state index in [0.29, 0.717) is 5.71 Å². The molecule has 0 spiro atoms. The number of oxime groups is 1. The summed E-state index contributed by atoms with van der Waals surface area (Å²) in [5, 5.41) is 12.4. The first-order valence-electron chi connectivity index (χ1n) is 5.92. The molecule has 2 rings (SSSR count). The van der Waals surface area contributed by atoms with Crippen LogP contribution in [-0.2, 0) is 5.41 Å². The molecule has 0 aromatic heterocycles. The molecule has 0 bridgehead atoms. The van der Waals surface area contributed by atoms with Crippen molar-refractivity contribution in [2.75, 3.05) is 14.2 Å². The number of benzene rings is 1. The smallest absolute Gasteiger partial charge is 0.216 e. The van der Waals surface area contributed by atoms with Gasteiger partial charge in [-0.05, 0) is 32.9 Å². The normalized spacial score (nSPS) is 17.0. The molecule has 0 amide bonds. The molecule has 0 saturated carbocycles. The van der Waals surface area contributed by atoms with Crippen LogP contribution in [0.15, 0.2) is 23.4 Å². The molecule has 0 unspecified atom stereocenters. The van der Waals surface area contributed by atoms with E-state index in [1.807, 2.05) is 32.2 Å². The molecule has 1 aliphatic rings. The van der Waals surface area contributed by atoms with Gasteiger partial charge in [0.15, 0.2) is 0 Å². The Balaban J connectivity index is 0.00000180. The highest BCUT2D eigenvalue weighted by atomic mass is 35.5. The van der Waals surface area contributed by atoms with E-state index in [-0.39, 0.29) is 17.8 Å². The zero-order chi connectivity index (χ0) is 13.5. The lowest BCUT2D eigenvalue weighted by Crippen LogP contribution is -3.00. The molecule has 0 saturated heterocycles. The summed E-state index contributed by atoms with van der Waals surface area (Å²) in [4.78, 5) is 0. The Kier molecular flexibility index (Phi) is 4.25. The van der Waals surface area contributed by atoms with E-state index in [9.17, 15) is 0 Å². The fourth-order valence-electron chi connectivity index (χ4n) is 2.84. The fourth-order valence-corrected chi connectivity index (χ4v) is 2.84. The first-order valence-corrected chi connectivity index (χ1v) is 5.92. The third-order valence-electron chi connectivity index (χ3n) is 3.66. The minimum Gasteiger partial charge on any atom is -1.00 e. The molecule has 1 N–H and O–H groups in total. The zero-order valence-corrected chi connectivity index (χ0v) is 12.6.